The lowest BCUT2D eigenvalue weighted by atomic mass is 10.1. The molecule has 0 spiro atoms. The van der Waals surface area contributed by atoms with Gasteiger partial charge < -0.3 is 21.3 Å². The second-order valence-electron chi connectivity index (χ2n) is 4.27. The summed E-state index contributed by atoms with van der Waals surface area (Å²) in [5, 5.41) is 8.99. The van der Waals surface area contributed by atoms with Crippen molar-refractivity contribution in [3.8, 4) is 0 Å². The van der Waals surface area contributed by atoms with Crippen molar-refractivity contribution in [3.05, 3.63) is 22.2 Å². The predicted octanol–water partition coefficient (Wildman–Crippen LogP) is -1.31. The van der Waals surface area contributed by atoms with E-state index in [0.717, 1.165) is 4.57 Å². The fourth-order valence-electron chi connectivity index (χ4n) is 1.89. The van der Waals surface area contributed by atoms with Gasteiger partial charge in [-0.15, -0.1) is 0 Å². The Morgan fingerprint density at radius 2 is 2.33 bits per heavy atom. The Balaban J connectivity index is 2.39. The third kappa shape index (κ3) is 1.98. The quantitative estimate of drug-likeness (QED) is 0.606. The smallest absolute Gasteiger partial charge is 0.351 e. The molecule has 0 saturated carbocycles. The minimum atomic E-state index is -1.59. The molecule has 5 N–H and O–H groups in total. The van der Waals surface area contributed by atoms with Crippen LogP contribution >= 0.6 is 0 Å². The van der Waals surface area contributed by atoms with Crippen LogP contribution in [0.1, 0.15) is 11.8 Å². The number of alkyl halides is 1. The van der Waals surface area contributed by atoms with E-state index in [2.05, 4.69) is 4.98 Å². The Hall–Kier alpha value is -1.51. The topological polar surface area (TPSA) is 116 Å². The van der Waals surface area contributed by atoms with Gasteiger partial charge in [-0.3, -0.25) is 4.57 Å². The number of rotatable bonds is 2. The van der Waals surface area contributed by atoms with Gasteiger partial charge in [0.1, 0.15) is 11.9 Å². The fraction of sp³-hybridized carbons (Fsp3) is 0.600. The van der Waals surface area contributed by atoms with Crippen molar-refractivity contribution in [1.29, 1.82) is 0 Å². The van der Waals surface area contributed by atoms with Crippen LogP contribution in [-0.4, -0.2) is 39.6 Å². The summed E-state index contributed by atoms with van der Waals surface area (Å²) in [7, 11) is 0. The van der Waals surface area contributed by atoms with Gasteiger partial charge in [-0.2, -0.15) is 4.98 Å². The highest BCUT2D eigenvalue weighted by molar-refractivity contribution is 5.35. The largest absolute Gasteiger partial charge is 0.394 e. The minimum Gasteiger partial charge on any atom is -0.394 e. The number of aryl methyl sites for hydroxylation is 1. The van der Waals surface area contributed by atoms with Gasteiger partial charge in [-0.05, 0) is 6.92 Å². The summed E-state index contributed by atoms with van der Waals surface area (Å²) in [6, 6.07) is -0.982. The first kappa shape index (κ1) is 12.9. The average molecular weight is 258 g/mol. The lowest BCUT2D eigenvalue weighted by Gasteiger charge is -2.16. The number of anilines is 1. The van der Waals surface area contributed by atoms with Crippen molar-refractivity contribution >= 4 is 5.82 Å². The summed E-state index contributed by atoms with van der Waals surface area (Å²) in [4.78, 5) is 15.2. The molecule has 0 aromatic carbocycles. The number of hydrogen-bond donors (Lipinski definition) is 3. The molecule has 2 rings (SSSR count). The zero-order chi connectivity index (χ0) is 13.4. The number of aliphatic hydroxyl groups is 1. The molecule has 0 bridgehead atoms. The minimum absolute atomic E-state index is 0.0904. The number of halogens is 1. The van der Waals surface area contributed by atoms with Gasteiger partial charge in [0, 0.05) is 11.8 Å². The monoisotopic (exact) mass is 258 g/mol. The van der Waals surface area contributed by atoms with Crippen LogP contribution in [0.2, 0.25) is 0 Å². The van der Waals surface area contributed by atoms with Gasteiger partial charge >= 0.3 is 5.69 Å². The second-order valence-corrected chi connectivity index (χ2v) is 4.27. The van der Waals surface area contributed by atoms with Crippen molar-refractivity contribution in [3.63, 3.8) is 0 Å². The van der Waals surface area contributed by atoms with Gasteiger partial charge in [-0.1, -0.05) is 0 Å². The first-order chi connectivity index (χ1) is 8.45. The molecule has 0 aliphatic carbocycles. The van der Waals surface area contributed by atoms with Gasteiger partial charge in [0.2, 0.25) is 0 Å². The Kier molecular flexibility index (Phi) is 3.33. The number of nitrogens with zero attached hydrogens (tertiary/aromatic N) is 2. The van der Waals surface area contributed by atoms with Gasteiger partial charge in [-0.25, -0.2) is 9.18 Å². The molecule has 4 unspecified atom stereocenters. The van der Waals surface area contributed by atoms with Crippen LogP contribution in [-0.2, 0) is 4.74 Å². The van der Waals surface area contributed by atoms with E-state index in [0.29, 0.717) is 5.56 Å². The molecule has 1 aromatic heterocycles. The van der Waals surface area contributed by atoms with Crippen molar-refractivity contribution in [1.82, 2.24) is 9.55 Å². The summed E-state index contributed by atoms with van der Waals surface area (Å²) in [6.45, 7) is 1.23. The maximum atomic E-state index is 13.9. The summed E-state index contributed by atoms with van der Waals surface area (Å²) in [5.74, 6) is 0.0904. The van der Waals surface area contributed by atoms with E-state index in [9.17, 15) is 9.18 Å². The van der Waals surface area contributed by atoms with Crippen LogP contribution in [0, 0.1) is 6.92 Å². The Morgan fingerprint density at radius 1 is 1.67 bits per heavy atom. The Labute approximate surface area is 102 Å². The predicted molar refractivity (Wildman–Crippen MR) is 61.5 cm³/mol. The van der Waals surface area contributed by atoms with Gasteiger partial charge in [0.25, 0.3) is 0 Å². The SMILES string of the molecule is Cc1cn(C2OC(CO)C(N)C2F)c(=O)nc1N. The molecule has 2 heterocycles. The standard InChI is InChI=1S/C10H15FN4O3/c1-4-2-15(10(17)14-8(4)13)9-6(11)7(12)5(3-16)18-9/h2,5-7,9,16H,3,12H2,1H3,(H2,13,14,17). The van der Waals surface area contributed by atoms with Crippen LogP contribution < -0.4 is 17.2 Å². The van der Waals surface area contributed by atoms with Crippen molar-refractivity contribution in [2.75, 3.05) is 12.3 Å². The van der Waals surface area contributed by atoms with E-state index in [1.165, 1.54) is 6.20 Å². The molecule has 100 valence electrons. The summed E-state index contributed by atoms with van der Waals surface area (Å²) >= 11 is 0. The van der Waals surface area contributed by atoms with Crippen molar-refractivity contribution in [2.24, 2.45) is 5.73 Å². The van der Waals surface area contributed by atoms with Gasteiger partial charge in [0.05, 0.1) is 12.6 Å². The first-order valence-corrected chi connectivity index (χ1v) is 5.47. The maximum absolute atomic E-state index is 13.9. The molecule has 18 heavy (non-hydrogen) atoms. The third-order valence-electron chi connectivity index (χ3n) is 3.01. The van der Waals surface area contributed by atoms with E-state index in [-0.39, 0.29) is 5.82 Å². The van der Waals surface area contributed by atoms with Crippen LogP contribution in [0.5, 0.6) is 0 Å². The average Bonchev–Trinajstić information content (AvgIpc) is 2.61. The molecular weight excluding hydrogens is 243 g/mol. The Bertz CT molecular complexity index is 506. The number of nitrogen functional groups attached to an aromatic ring is 1. The number of ether oxygens (including phenoxy) is 1. The van der Waals surface area contributed by atoms with Gasteiger partial charge in [0.15, 0.2) is 12.4 Å². The molecular formula is C10H15FN4O3. The van der Waals surface area contributed by atoms with E-state index in [4.69, 9.17) is 21.3 Å². The molecule has 1 saturated heterocycles. The maximum Gasteiger partial charge on any atom is 0.351 e. The molecule has 1 aliphatic heterocycles. The van der Waals surface area contributed by atoms with E-state index >= 15 is 0 Å². The van der Waals surface area contributed by atoms with E-state index in [1.54, 1.807) is 6.92 Å². The van der Waals surface area contributed by atoms with E-state index < -0.39 is 36.8 Å². The lowest BCUT2D eigenvalue weighted by Crippen LogP contribution is -2.40. The Morgan fingerprint density at radius 3 is 2.89 bits per heavy atom. The number of aliphatic hydroxyl groups excluding tert-OH is 1. The molecule has 1 aromatic rings. The summed E-state index contributed by atoms with van der Waals surface area (Å²) < 4.78 is 20.2. The van der Waals surface area contributed by atoms with Crippen LogP contribution in [0.3, 0.4) is 0 Å². The molecule has 0 radical (unpaired) electrons. The molecule has 8 heteroatoms. The van der Waals surface area contributed by atoms with Crippen molar-refractivity contribution in [2.45, 2.75) is 31.5 Å². The highest BCUT2D eigenvalue weighted by Crippen LogP contribution is 2.29. The summed E-state index contributed by atoms with van der Waals surface area (Å²) in [5.41, 5.74) is 10.9. The molecule has 1 fully saturated rings. The lowest BCUT2D eigenvalue weighted by molar-refractivity contribution is -0.0402. The first-order valence-electron chi connectivity index (χ1n) is 5.47. The highest BCUT2D eigenvalue weighted by Gasteiger charge is 2.44. The molecule has 1 aliphatic rings. The number of hydrogen-bond acceptors (Lipinski definition) is 6. The zero-order valence-corrected chi connectivity index (χ0v) is 9.78. The zero-order valence-electron chi connectivity index (χ0n) is 9.78. The number of aromatic nitrogens is 2. The summed E-state index contributed by atoms with van der Waals surface area (Å²) in [6.07, 6.45) is -2.25. The third-order valence-corrected chi connectivity index (χ3v) is 3.01. The molecule has 0 amide bonds. The van der Waals surface area contributed by atoms with Crippen molar-refractivity contribution < 1.29 is 14.2 Å². The van der Waals surface area contributed by atoms with Crippen LogP contribution in [0.25, 0.3) is 0 Å². The molecule has 7 nitrogen and oxygen atoms in total. The normalized spacial score (nSPS) is 31.8. The highest BCUT2D eigenvalue weighted by atomic mass is 19.1. The number of nitrogens with two attached hydrogens (primary N) is 2. The van der Waals surface area contributed by atoms with E-state index in [1.807, 2.05) is 0 Å². The van der Waals surface area contributed by atoms with Crippen LogP contribution in [0.4, 0.5) is 10.2 Å². The fourth-order valence-corrected chi connectivity index (χ4v) is 1.89. The molecule has 4 atom stereocenters. The van der Waals surface area contributed by atoms with Crippen LogP contribution in [0.15, 0.2) is 11.0 Å². The second kappa shape index (κ2) is 4.63.